The van der Waals surface area contributed by atoms with Gasteiger partial charge in [0.05, 0.1) is 1.93 Å². The summed E-state index contributed by atoms with van der Waals surface area (Å²) in [5.74, 6) is -1.22. The van der Waals surface area contributed by atoms with E-state index in [1.54, 1.807) is 12.1 Å². The summed E-state index contributed by atoms with van der Waals surface area (Å²) < 4.78 is -0.0211. The fourth-order valence-electron chi connectivity index (χ4n) is 1.08. The Morgan fingerprint density at radius 1 is 1.21 bits per heavy atom. The maximum atomic E-state index is 11.0. The number of phenols is 1. The lowest BCUT2D eigenvalue weighted by molar-refractivity contribution is -0.138. The highest BCUT2D eigenvalue weighted by atomic mass is 127. The van der Waals surface area contributed by atoms with Crippen LogP contribution in [-0.4, -0.2) is 18.1 Å². The molecular formula is C9H8I2O3. The maximum Gasteiger partial charge on any atom is 0.312 e. The Morgan fingerprint density at radius 2 is 1.71 bits per heavy atom. The smallest absolute Gasteiger partial charge is 0.312 e. The molecule has 0 saturated carbocycles. The highest BCUT2D eigenvalue weighted by Gasteiger charge is 2.25. The Kier molecular flexibility index (Phi) is 4.42. The largest absolute Gasteiger partial charge is 0.508 e. The average molecular weight is 418 g/mol. The highest BCUT2D eigenvalue weighted by Crippen LogP contribution is 2.31. The molecule has 2 N–H and O–H groups in total. The summed E-state index contributed by atoms with van der Waals surface area (Å²) in [5.41, 5.74) is 0.712. The van der Waals surface area contributed by atoms with Gasteiger partial charge in [-0.15, -0.1) is 0 Å². The first-order valence-corrected chi connectivity index (χ1v) is 6.31. The van der Waals surface area contributed by atoms with Crippen LogP contribution in [0.3, 0.4) is 0 Å². The Bertz CT molecular complexity index is 321. The van der Waals surface area contributed by atoms with Gasteiger partial charge in [-0.05, 0) is 17.7 Å². The van der Waals surface area contributed by atoms with E-state index in [4.69, 9.17) is 10.2 Å². The number of hydrogen-bond acceptors (Lipinski definition) is 2. The van der Waals surface area contributed by atoms with Crippen molar-refractivity contribution >= 4 is 51.2 Å². The van der Waals surface area contributed by atoms with Crippen LogP contribution in [0, 0.1) is 0 Å². The molecule has 5 heteroatoms. The third kappa shape index (κ3) is 2.97. The molecule has 1 aromatic rings. The summed E-state index contributed by atoms with van der Waals surface area (Å²) in [4.78, 5) is 11.0. The van der Waals surface area contributed by atoms with Crippen LogP contribution in [0.15, 0.2) is 24.3 Å². The number of carbonyl (C=O) groups is 1. The molecular weight excluding hydrogens is 410 g/mol. The Labute approximate surface area is 109 Å². The average Bonchev–Trinajstić information content (AvgIpc) is 2.07. The van der Waals surface area contributed by atoms with Crippen LogP contribution in [0.25, 0.3) is 0 Å². The van der Waals surface area contributed by atoms with Gasteiger partial charge in [-0.2, -0.15) is 0 Å². The second kappa shape index (κ2) is 5.15. The number of aromatic hydroxyl groups is 1. The first-order chi connectivity index (χ1) is 6.52. The van der Waals surface area contributed by atoms with E-state index >= 15 is 0 Å². The number of phenolic OH excluding ortho intramolecular Hbond substituents is 1. The summed E-state index contributed by atoms with van der Waals surface area (Å²) in [5, 5.41) is 18.1. The van der Waals surface area contributed by atoms with Crippen LogP contribution >= 0.6 is 45.2 Å². The van der Waals surface area contributed by atoms with Gasteiger partial charge in [0.1, 0.15) is 11.7 Å². The zero-order valence-electron chi connectivity index (χ0n) is 7.02. The summed E-state index contributed by atoms with van der Waals surface area (Å²) in [6.45, 7) is 0. The van der Waals surface area contributed by atoms with Gasteiger partial charge >= 0.3 is 5.97 Å². The second-order valence-corrected chi connectivity index (χ2v) is 7.81. The van der Waals surface area contributed by atoms with Crippen molar-refractivity contribution < 1.29 is 15.0 Å². The van der Waals surface area contributed by atoms with E-state index in [1.165, 1.54) is 12.1 Å². The Hall–Kier alpha value is -0.0500. The first kappa shape index (κ1) is 12.0. The lowest BCUT2D eigenvalue weighted by Gasteiger charge is -2.13. The zero-order valence-corrected chi connectivity index (χ0v) is 11.3. The van der Waals surface area contributed by atoms with E-state index in [1.807, 2.05) is 0 Å². The molecule has 1 rings (SSSR count). The molecule has 0 aromatic heterocycles. The molecule has 0 bridgehead atoms. The quantitative estimate of drug-likeness (QED) is 0.587. The molecule has 1 atom stereocenters. The number of carboxylic acids is 1. The molecule has 0 spiro atoms. The van der Waals surface area contributed by atoms with Gasteiger partial charge in [0.15, 0.2) is 0 Å². The van der Waals surface area contributed by atoms with Crippen LogP contribution in [-0.2, 0) is 4.79 Å². The van der Waals surface area contributed by atoms with Crippen molar-refractivity contribution in [3.63, 3.8) is 0 Å². The molecule has 0 radical (unpaired) electrons. The minimum atomic E-state index is -0.843. The summed E-state index contributed by atoms with van der Waals surface area (Å²) in [7, 11) is 0. The van der Waals surface area contributed by atoms with E-state index in [0.29, 0.717) is 5.56 Å². The van der Waals surface area contributed by atoms with Crippen LogP contribution in [0.5, 0.6) is 5.75 Å². The lowest BCUT2D eigenvalue weighted by atomic mass is 10.0. The normalized spacial score (nSPS) is 12.8. The lowest BCUT2D eigenvalue weighted by Crippen LogP contribution is -2.17. The van der Waals surface area contributed by atoms with E-state index in [2.05, 4.69) is 45.2 Å². The van der Waals surface area contributed by atoms with E-state index in [0.717, 1.165) is 0 Å². The molecule has 0 aliphatic heterocycles. The Balaban J connectivity index is 3.00. The van der Waals surface area contributed by atoms with Crippen molar-refractivity contribution in [2.24, 2.45) is 0 Å². The topological polar surface area (TPSA) is 57.5 Å². The molecule has 3 nitrogen and oxygen atoms in total. The second-order valence-electron chi connectivity index (χ2n) is 2.74. The fourth-order valence-corrected chi connectivity index (χ4v) is 2.52. The van der Waals surface area contributed by atoms with Gasteiger partial charge in [0, 0.05) is 0 Å². The van der Waals surface area contributed by atoms with Crippen LogP contribution < -0.4 is 0 Å². The molecule has 76 valence electrons. The predicted octanol–water partition coefficient (Wildman–Crippen LogP) is 2.76. The summed E-state index contributed by atoms with van der Waals surface area (Å²) >= 11 is 4.15. The number of alkyl halides is 2. The molecule has 0 fully saturated rings. The van der Waals surface area contributed by atoms with Crippen molar-refractivity contribution in [2.45, 2.75) is 7.85 Å². The van der Waals surface area contributed by atoms with E-state index < -0.39 is 11.9 Å². The standard InChI is InChI=1S/C9H8I2O3/c10-8(11)7(9(13)14)5-1-3-6(12)4-2-5/h1-4,7-8,12H,(H,13,14). The Morgan fingerprint density at radius 3 is 2.07 bits per heavy atom. The van der Waals surface area contributed by atoms with E-state index in [9.17, 15) is 4.79 Å². The molecule has 1 unspecified atom stereocenters. The van der Waals surface area contributed by atoms with Crippen molar-refractivity contribution in [3.05, 3.63) is 29.8 Å². The van der Waals surface area contributed by atoms with Crippen LogP contribution in [0.4, 0.5) is 0 Å². The van der Waals surface area contributed by atoms with Gasteiger partial charge in [-0.25, -0.2) is 0 Å². The van der Waals surface area contributed by atoms with Crippen LogP contribution in [0.2, 0.25) is 0 Å². The number of hydrogen-bond donors (Lipinski definition) is 2. The van der Waals surface area contributed by atoms with Crippen LogP contribution in [0.1, 0.15) is 11.5 Å². The van der Waals surface area contributed by atoms with Gasteiger partial charge in [0.25, 0.3) is 0 Å². The SMILES string of the molecule is O=C(O)C(c1ccc(O)cc1)C(I)I. The van der Waals surface area contributed by atoms with Gasteiger partial charge in [-0.1, -0.05) is 57.3 Å². The molecule has 0 amide bonds. The predicted molar refractivity (Wildman–Crippen MR) is 70.3 cm³/mol. The number of halogens is 2. The number of benzene rings is 1. The van der Waals surface area contributed by atoms with Gasteiger partial charge in [-0.3, -0.25) is 4.79 Å². The number of rotatable bonds is 3. The number of aliphatic carboxylic acids is 1. The van der Waals surface area contributed by atoms with E-state index in [-0.39, 0.29) is 7.68 Å². The van der Waals surface area contributed by atoms with Crippen molar-refractivity contribution in [3.8, 4) is 5.75 Å². The fraction of sp³-hybridized carbons (Fsp3) is 0.222. The first-order valence-electron chi connectivity index (χ1n) is 3.82. The minimum absolute atomic E-state index is 0.0211. The zero-order chi connectivity index (χ0) is 10.7. The van der Waals surface area contributed by atoms with Gasteiger partial charge in [0.2, 0.25) is 0 Å². The van der Waals surface area contributed by atoms with Gasteiger partial charge < -0.3 is 10.2 Å². The molecule has 0 aliphatic carbocycles. The molecule has 0 aliphatic rings. The summed E-state index contributed by atoms with van der Waals surface area (Å²) in [6, 6.07) is 6.28. The third-order valence-electron chi connectivity index (χ3n) is 1.77. The molecule has 0 saturated heterocycles. The molecule has 0 heterocycles. The summed E-state index contributed by atoms with van der Waals surface area (Å²) in [6.07, 6.45) is 0. The third-order valence-corrected chi connectivity index (χ3v) is 3.21. The highest BCUT2D eigenvalue weighted by molar-refractivity contribution is 14.2. The monoisotopic (exact) mass is 418 g/mol. The molecule has 1 aromatic carbocycles. The minimum Gasteiger partial charge on any atom is -0.508 e. The maximum absolute atomic E-state index is 11.0. The molecule has 14 heavy (non-hydrogen) atoms. The number of carboxylic acid groups (broad SMARTS) is 1. The van der Waals surface area contributed by atoms with Crippen molar-refractivity contribution in [1.82, 2.24) is 0 Å². The van der Waals surface area contributed by atoms with Crippen molar-refractivity contribution in [2.75, 3.05) is 0 Å². The van der Waals surface area contributed by atoms with Crippen molar-refractivity contribution in [1.29, 1.82) is 0 Å².